The SMILES string of the molecule is CN=C(NCc1coc(-c2ccc(C)cc2)n1)NCC1(c2ccccc2)CCOCC1.I. The van der Waals surface area contributed by atoms with E-state index in [2.05, 4.69) is 70.0 Å². The average molecular weight is 546 g/mol. The zero-order valence-electron chi connectivity index (χ0n) is 18.6. The van der Waals surface area contributed by atoms with Gasteiger partial charge in [0.15, 0.2) is 5.96 Å². The third kappa shape index (κ3) is 5.89. The van der Waals surface area contributed by atoms with Gasteiger partial charge in [-0.3, -0.25) is 4.99 Å². The van der Waals surface area contributed by atoms with Crippen LogP contribution in [0, 0.1) is 6.92 Å². The van der Waals surface area contributed by atoms with Gasteiger partial charge in [0.25, 0.3) is 0 Å². The molecule has 1 saturated heterocycles. The predicted octanol–water partition coefficient (Wildman–Crippen LogP) is 4.68. The van der Waals surface area contributed by atoms with Crippen molar-refractivity contribution in [2.45, 2.75) is 31.7 Å². The Morgan fingerprint density at radius 3 is 2.44 bits per heavy atom. The van der Waals surface area contributed by atoms with Gasteiger partial charge < -0.3 is 19.8 Å². The van der Waals surface area contributed by atoms with Crippen molar-refractivity contribution in [1.29, 1.82) is 0 Å². The van der Waals surface area contributed by atoms with Crippen LogP contribution in [-0.4, -0.2) is 37.7 Å². The van der Waals surface area contributed by atoms with E-state index < -0.39 is 0 Å². The summed E-state index contributed by atoms with van der Waals surface area (Å²) in [6, 6.07) is 18.9. The highest BCUT2D eigenvalue weighted by molar-refractivity contribution is 14.0. The van der Waals surface area contributed by atoms with Gasteiger partial charge in [-0.15, -0.1) is 24.0 Å². The lowest BCUT2D eigenvalue weighted by Crippen LogP contribution is -2.47. The molecule has 2 N–H and O–H groups in total. The number of hydrogen-bond acceptors (Lipinski definition) is 4. The van der Waals surface area contributed by atoms with E-state index in [-0.39, 0.29) is 29.4 Å². The first kappa shape index (κ1) is 24.3. The van der Waals surface area contributed by atoms with Crippen molar-refractivity contribution in [3.05, 3.63) is 77.7 Å². The molecule has 1 aliphatic heterocycles. The van der Waals surface area contributed by atoms with Crippen molar-refractivity contribution in [2.24, 2.45) is 4.99 Å². The lowest BCUT2D eigenvalue weighted by Gasteiger charge is -2.38. The lowest BCUT2D eigenvalue weighted by atomic mass is 9.74. The number of nitrogens with zero attached hydrogens (tertiary/aromatic N) is 2. The molecule has 0 atom stereocenters. The molecule has 2 aromatic carbocycles. The zero-order valence-corrected chi connectivity index (χ0v) is 21.0. The Balaban J connectivity index is 0.00000289. The Bertz CT molecular complexity index is 996. The zero-order chi connectivity index (χ0) is 21.5. The van der Waals surface area contributed by atoms with Crippen LogP contribution in [0.3, 0.4) is 0 Å². The summed E-state index contributed by atoms with van der Waals surface area (Å²) in [4.78, 5) is 8.99. The molecule has 32 heavy (non-hydrogen) atoms. The highest BCUT2D eigenvalue weighted by Gasteiger charge is 2.34. The Labute approximate surface area is 206 Å². The van der Waals surface area contributed by atoms with Crippen LogP contribution in [0.1, 0.15) is 29.7 Å². The van der Waals surface area contributed by atoms with Crippen LogP contribution < -0.4 is 10.6 Å². The summed E-state index contributed by atoms with van der Waals surface area (Å²) >= 11 is 0. The molecule has 1 fully saturated rings. The lowest BCUT2D eigenvalue weighted by molar-refractivity contribution is 0.0514. The highest BCUT2D eigenvalue weighted by atomic mass is 127. The van der Waals surface area contributed by atoms with E-state index in [9.17, 15) is 0 Å². The van der Waals surface area contributed by atoms with E-state index >= 15 is 0 Å². The minimum Gasteiger partial charge on any atom is -0.444 e. The quantitative estimate of drug-likeness (QED) is 0.267. The third-order valence-electron chi connectivity index (χ3n) is 5.94. The van der Waals surface area contributed by atoms with Gasteiger partial charge in [0.05, 0.1) is 12.2 Å². The van der Waals surface area contributed by atoms with Crippen LogP contribution in [0.4, 0.5) is 0 Å². The Hall–Kier alpha value is -2.39. The standard InChI is InChI=1S/C25H30N4O2.HI/c1-19-8-10-20(11-9-19)23-29-22(17-31-23)16-27-24(26-2)28-18-25(12-14-30-15-13-25)21-6-4-3-5-7-21;/h3-11,17H,12-16,18H2,1-2H3,(H2,26,27,28);1H. The number of hydrogen-bond donors (Lipinski definition) is 2. The Morgan fingerprint density at radius 2 is 1.75 bits per heavy atom. The number of aryl methyl sites for hydroxylation is 1. The van der Waals surface area contributed by atoms with Gasteiger partial charge in [0, 0.05) is 37.8 Å². The van der Waals surface area contributed by atoms with Gasteiger partial charge in [0.1, 0.15) is 6.26 Å². The van der Waals surface area contributed by atoms with Gasteiger partial charge in [-0.2, -0.15) is 0 Å². The summed E-state index contributed by atoms with van der Waals surface area (Å²) in [7, 11) is 1.79. The van der Waals surface area contributed by atoms with Crippen molar-refractivity contribution >= 4 is 29.9 Å². The monoisotopic (exact) mass is 546 g/mol. The third-order valence-corrected chi connectivity index (χ3v) is 5.94. The van der Waals surface area contributed by atoms with E-state index in [4.69, 9.17) is 9.15 Å². The van der Waals surface area contributed by atoms with E-state index in [1.165, 1.54) is 11.1 Å². The smallest absolute Gasteiger partial charge is 0.226 e. The Morgan fingerprint density at radius 1 is 1.03 bits per heavy atom. The largest absolute Gasteiger partial charge is 0.444 e. The molecule has 0 radical (unpaired) electrons. The topological polar surface area (TPSA) is 71.7 Å². The first-order valence-electron chi connectivity index (χ1n) is 10.8. The van der Waals surface area contributed by atoms with Crippen molar-refractivity contribution in [1.82, 2.24) is 15.6 Å². The molecule has 0 amide bonds. The normalized spacial score (nSPS) is 15.6. The number of nitrogens with one attached hydrogen (secondary N) is 2. The molecular weight excluding hydrogens is 515 g/mol. The van der Waals surface area contributed by atoms with Crippen LogP contribution in [0.5, 0.6) is 0 Å². The summed E-state index contributed by atoms with van der Waals surface area (Å²) in [6.45, 7) is 4.96. The molecule has 0 aliphatic carbocycles. The minimum absolute atomic E-state index is 0. The van der Waals surface area contributed by atoms with Crippen LogP contribution >= 0.6 is 24.0 Å². The maximum Gasteiger partial charge on any atom is 0.226 e. The van der Waals surface area contributed by atoms with Crippen LogP contribution in [0.25, 0.3) is 11.5 Å². The maximum atomic E-state index is 5.66. The molecule has 7 heteroatoms. The summed E-state index contributed by atoms with van der Waals surface area (Å²) in [6.07, 6.45) is 3.67. The van der Waals surface area contributed by atoms with Gasteiger partial charge in [-0.25, -0.2) is 4.98 Å². The van der Waals surface area contributed by atoms with Crippen LogP contribution in [-0.2, 0) is 16.7 Å². The van der Waals surface area contributed by atoms with Crippen molar-refractivity contribution in [3.8, 4) is 11.5 Å². The molecule has 0 saturated carbocycles. The fourth-order valence-corrected chi connectivity index (χ4v) is 3.99. The predicted molar refractivity (Wildman–Crippen MR) is 138 cm³/mol. The van der Waals surface area contributed by atoms with Crippen LogP contribution in [0.15, 0.2) is 70.3 Å². The Kier molecular flexibility index (Phi) is 8.69. The summed E-state index contributed by atoms with van der Waals surface area (Å²) in [5.41, 5.74) is 4.42. The van der Waals surface area contributed by atoms with Crippen molar-refractivity contribution < 1.29 is 9.15 Å². The number of aromatic nitrogens is 1. The van der Waals surface area contributed by atoms with E-state index in [1.54, 1.807) is 13.3 Å². The molecule has 1 aromatic heterocycles. The van der Waals surface area contributed by atoms with Crippen LogP contribution in [0.2, 0.25) is 0 Å². The highest BCUT2D eigenvalue weighted by Crippen LogP contribution is 2.34. The second-order valence-electron chi connectivity index (χ2n) is 8.05. The molecule has 4 rings (SSSR count). The molecule has 3 aromatic rings. The maximum absolute atomic E-state index is 5.66. The second kappa shape index (κ2) is 11.5. The van der Waals surface area contributed by atoms with E-state index in [0.29, 0.717) is 12.4 Å². The minimum atomic E-state index is 0. The van der Waals surface area contributed by atoms with Gasteiger partial charge >= 0.3 is 0 Å². The van der Waals surface area contributed by atoms with Gasteiger partial charge in [-0.1, -0.05) is 48.0 Å². The number of rotatable bonds is 6. The summed E-state index contributed by atoms with van der Waals surface area (Å²) in [5, 5.41) is 6.87. The molecule has 0 spiro atoms. The number of ether oxygens (including phenoxy) is 1. The number of benzene rings is 2. The molecule has 0 bridgehead atoms. The van der Waals surface area contributed by atoms with E-state index in [1.807, 2.05) is 12.1 Å². The molecule has 170 valence electrons. The first-order valence-corrected chi connectivity index (χ1v) is 10.8. The number of oxazole rings is 1. The van der Waals surface area contributed by atoms with E-state index in [0.717, 1.165) is 49.8 Å². The fraction of sp³-hybridized carbons (Fsp3) is 0.360. The second-order valence-corrected chi connectivity index (χ2v) is 8.05. The molecule has 2 heterocycles. The molecule has 6 nitrogen and oxygen atoms in total. The number of halogens is 1. The van der Waals surface area contributed by atoms with Gasteiger partial charge in [0.2, 0.25) is 5.89 Å². The summed E-state index contributed by atoms with van der Waals surface area (Å²) < 4.78 is 11.3. The fourth-order valence-electron chi connectivity index (χ4n) is 3.99. The van der Waals surface area contributed by atoms with Gasteiger partial charge in [-0.05, 0) is 37.5 Å². The first-order chi connectivity index (χ1) is 15.2. The average Bonchev–Trinajstić information content (AvgIpc) is 3.30. The molecule has 0 unspecified atom stereocenters. The summed E-state index contributed by atoms with van der Waals surface area (Å²) in [5.74, 6) is 1.38. The number of guanidine groups is 1. The molecular formula is C25H31IN4O2. The molecule has 1 aliphatic rings. The van der Waals surface area contributed by atoms with Crippen molar-refractivity contribution in [2.75, 3.05) is 26.8 Å². The number of aliphatic imine (C=N–C) groups is 1. The van der Waals surface area contributed by atoms with Crippen molar-refractivity contribution in [3.63, 3.8) is 0 Å².